The van der Waals surface area contributed by atoms with Gasteiger partial charge in [0, 0.05) is 28.5 Å². The molecule has 6 heteroatoms. The summed E-state index contributed by atoms with van der Waals surface area (Å²) < 4.78 is 22.4. The second-order valence-corrected chi connectivity index (χ2v) is 6.64. The first-order valence-electron chi connectivity index (χ1n) is 7.22. The largest absolute Gasteiger partial charge is 0.486 e. The lowest BCUT2D eigenvalue weighted by molar-refractivity contribution is 0.101. The Morgan fingerprint density at radius 3 is 2.78 bits per heavy atom. The van der Waals surface area contributed by atoms with Crippen LogP contribution < -0.4 is 14.8 Å². The van der Waals surface area contributed by atoms with Crippen molar-refractivity contribution >= 4 is 22.4 Å². The minimum Gasteiger partial charge on any atom is -0.486 e. The molecule has 5 nitrogen and oxygen atoms in total. The molecule has 120 valence electrons. The van der Waals surface area contributed by atoms with Crippen LogP contribution in [0.1, 0.15) is 15.9 Å². The normalized spacial score (nSPS) is 14.1. The van der Waals surface area contributed by atoms with Crippen LogP contribution in [-0.2, 0) is 16.6 Å². The predicted octanol–water partition coefficient (Wildman–Crippen LogP) is 2.59. The van der Waals surface area contributed by atoms with Gasteiger partial charge in [-0.3, -0.25) is 9.00 Å². The van der Waals surface area contributed by atoms with E-state index in [0.717, 1.165) is 5.56 Å². The minimum atomic E-state index is -0.925. The third-order valence-corrected chi connectivity index (χ3v) is 4.11. The fraction of sp³-hybridized carbons (Fsp3) is 0.235. The van der Waals surface area contributed by atoms with Crippen molar-refractivity contribution < 1.29 is 18.5 Å². The molecule has 1 atom stereocenters. The van der Waals surface area contributed by atoms with E-state index in [1.807, 2.05) is 18.2 Å². The number of rotatable bonds is 4. The number of fused-ring (bicyclic) bond motifs is 1. The van der Waals surface area contributed by atoms with Gasteiger partial charge in [-0.15, -0.1) is 0 Å². The lowest BCUT2D eigenvalue weighted by atomic mass is 10.1. The molecule has 1 amide bonds. The van der Waals surface area contributed by atoms with Gasteiger partial charge in [0.15, 0.2) is 11.5 Å². The molecule has 1 aliphatic heterocycles. The van der Waals surface area contributed by atoms with Gasteiger partial charge >= 0.3 is 0 Å². The number of benzene rings is 2. The molecule has 2 aromatic carbocycles. The summed E-state index contributed by atoms with van der Waals surface area (Å²) in [7, 11) is -0.925. The van der Waals surface area contributed by atoms with E-state index in [0.29, 0.717) is 41.7 Å². The van der Waals surface area contributed by atoms with Gasteiger partial charge in [-0.05, 0) is 29.8 Å². The molecule has 3 rings (SSSR count). The maximum atomic E-state index is 12.5. The van der Waals surface area contributed by atoms with Gasteiger partial charge in [-0.25, -0.2) is 0 Å². The van der Waals surface area contributed by atoms with E-state index in [9.17, 15) is 9.00 Å². The van der Waals surface area contributed by atoms with Crippen molar-refractivity contribution in [3.8, 4) is 11.5 Å². The Kier molecular flexibility index (Phi) is 4.62. The number of nitrogens with one attached hydrogen (secondary N) is 1. The van der Waals surface area contributed by atoms with Gasteiger partial charge < -0.3 is 14.8 Å². The van der Waals surface area contributed by atoms with E-state index < -0.39 is 10.8 Å². The molecule has 2 aromatic rings. The Morgan fingerprint density at radius 1 is 1.17 bits per heavy atom. The minimum absolute atomic E-state index is 0.262. The zero-order chi connectivity index (χ0) is 16.2. The smallest absolute Gasteiger partial charge is 0.259 e. The van der Waals surface area contributed by atoms with Crippen molar-refractivity contribution in [2.45, 2.75) is 5.75 Å². The Balaban J connectivity index is 1.81. The zero-order valence-electron chi connectivity index (χ0n) is 12.7. The summed E-state index contributed by atoms with van der Waals surface area (Å²) >= 11 is 0. The van der Waals surface area contributed by atoms with Gasteiger partial charge in [0.2, 0.25) is 0 Å². The Labute approximate surface area is 137 Å². The lowest BCUT2D eigenvalue weighted by Gasteiger charge is -2.20. The lowest BCUT2D eigenvalue weighted by Crippen LogP contribution is -2.20. The first-order chi connectivity index (χ1) is 11.1. The van der Waals surface area contributed by atoms with Gasteiger partial charge in [0.05, 0.1) is 5.56 Å². The monoisotopic (exact) mass is 331 g/mol. The molecule has 0 bridgehead atoms. The number of anilines is 1. The van der Waals surface area contributed by atoms with E-state index in [1.165, 1.54) is 0 Å². The predicted molar refractivity (Wildman–Crippen MR) is 89.6 cm³/mol. The maximum absolute atomic E-state index is 12.5. The molecule has 0 saturated carbocycles. The molecular formula is C17H17NO4S. The molecular weight excluding hydrogens is 314 g/mol. The van der Waals surface area contributed by atoms with E-state index >= 15 is 0 Å². The van der Waals surface area contributed by atoms with Crippen molar-refractivity contribution in [1.82, 2.24) is 0 Å². The summed E-state index contributed by atoms with van der Waals surface area (Å²) in [5, 5.41) is 2.85. The van der Waals surface area contributed by atoms with Gasteiger partial charge in [0.25, 0.3) is 5.91 Å². The molecule has 0 aromatic heterocycles. The van der Waals surface area contributed by atoms with Crippen LogP contribution in [0.3, 0.4) is 0 Å². The van der Waals surface area contributed by atoms with Gasteiger partial charge in [-0.1, -0.05) is 18.2 Å². The van der Waals surface area contributed by atoms with E-state index in [1.54, 1.807) is 30.5 Å². The van der Waals surface area contributed by atoms with E-state index in [-0.39, 0.29) is 5.91 Å². The Hall–Kier alpha value is -2.34. The standard InChI is InChI=1S/C17H17NO4S/c1-23(20)11-12-4-2-5-13(10-12)18-17(19)14-6-3-7-15-16(14)22-9-8-21-15/h2-7,10H,8-9,11H2,1H3,(H,18,19)/t23-/m0/s1. The quantitative estimate of drug-likeness (QED) is 0.935. The molecule has 0 aliphatic carbocycles. The highest BCUT2D eigenvalue weighted by molar-refractivity contribution is 7.83. The first-order valence-corrected chi connectivity index (χ1v) is 8.95. The van der Waals surface area contributed by atoms with Crippen LogP contribution in [0.15, 0.2) is 42.5 Å². The SMILES string of the molecule is C[S@](=O)Cc1cccc(NC(=O)c2cccc3c2OCCO3)c1. The zero-order valence-corrected chi connectivity index (χ0v) is 13.5. The highest BCUT2D eigenvalue weighted by atomic mass is 32.2. The molecule has 0 spiro atoms. The van der Waals surface area contributed by atoms with Crippen LogP contribution in [0.2, 0.25) is 0 Å². The van der Waals surface area contributed by atoms with Gasteiger partial charge in [-0.2, -0.15) is 0 Å². The van der Waals surface area contributed by atoms with Crippen LogP contribution >= 0.6 is 0 Å². The fourth-order valence-electron chi connectivity index (χ4n) is 2.42. The highest BCUT2D eigenvalue weighted by Crippen LogP contribution is 2.34. The second-order valence-electron chi connectivity index (χ2n) is 5.20. The van der Waals surface area contributed by atoms with Crippen molar-refractivity contribution in [2.24, 2.45) is 0 Å². The summed E-state index contributed by atoms with van der Waals surface area (Å²) in [4.78, 5) is 12.5. The van der Waals surface area contributed by atoms with E-state index in [4.69, 9.17) is 9.47 Å². The number of ether oxygens (including phenoxy) is 2. The second kappa shape index (κ2) is 6.83. The van der Waals surface area contributed by atoms with Crippen LogP contribution in [0.5, 0.6) is 11.5 Å². The van der Waals surface area contributed by atoms with Crippen LogP contribution in [0, 0.1) is 0 Å². The van der Waals surface area contributed by atoms with Crippen LogP contribution in [-0.4, -0.2) is 29.6 Å². The number of hydrogen-bond donors (Lipinski definition) is 1. The van der Waals surface area contributed by atoms with Crippen molar-refractivity contribution in [3.05, 3.63) is 53.6 Å². The molecule has 0 unspecified atom stereocenters. The molecule has 1 heterocycles. The highest BCUT2D eigenvalue weighted by Gasteiger charge is 2.20. The summed E-state index contributed by atoms with van der Waals surface area (Å²) in [5.41, 5.74) is 2.01. The number of carbonyl (C=O) groups excluding carboxylic acids is 1. The number of hydrogen-bond acceptors (Lipinski definition) is 4. The Morgan fingerprint density at radius 2 is 1.96 bits per heavy atom. The summed E-state index contributed by atoms with van der Waals surface area (Å²) in [6.07, 6.45) is 1.65. The Bertz CT molecular complexity index is 760. The molecule has 0 saturated heterocycles. The van der Waals surface area contributed by atoms with Crippen molar-refractivity contribution in [2.75, 3.05) is 24.8 Å². The van der Waals surface area contributed by atoms with Crippen LogP contribution in [0.4, 0.5) is 5.69 Å². The molecule has 1 aliphatic rings. The average molecular weight is 331 g/mol. The third kappa shape index (κ3) is 3.71. The third-order valence-electron chi connectivity index (χ3n) is 3.37. The average Bonchev–Trinajstić information content (AvgIpc) is 2.54. The molecule has 1 N–H and O–H groups in total. The fourth-order valence-corrected chi connectivity index (χ4v) is 3.07. The molecule has 0 radical (unpaired) electrons. The van der Waals surface area contributed by atoms with Gasteiger partial charge in [0.1, 0.15) is 13.2 Å². The topological polar surface area (TPSA) is 64.6 Å². The summed E-state index contributed by atoms with van der Waals surface area (Å²) in [5.74, 6) is 1.25. The maximum Gasteiger partial charge on any atom is 0.259 e. The molecule has 23 heavy (non-hydrogen) atoms. The van der Waals surface area contributed by atoms with Crippen LogP contribution in [0.25, 0.3) is 0 Å². The summed E-state index contributed by atoms with van der Waals surface area (Å²) in [6.45, 7) is 0.906. The first kappa shape index (κ1) is 15.6. The van der Waals surface area contributed by atoms with Crippen molar-refractivity contribution in [1.29, 1.82) is 0 Å². The molecule has 0 fully saturated rings. The summed E-state index contributed by atoms with van der Waals surface area (Å²) in [6, 6.07) is 12.6. The van der Waals surface area contributed by atoms with Crippen molar-refractivity contribution in [3.63, 3.8) is 0 Å². The number of para-hydroxylation sites is 1. The van der Waals surface area contributed by atoms with E-state index in [2.05, 4.69) is 5.32 Å². The number of carbonyl (C=O) groups is 1. The number of amides is 1.